The Morgan fingerprint density at radius 3 is 2.63 bits per heavy atom. The molecule has 1 aromatic heterocycles. The second kappa shape index (κ2) is 9.01. The molecule has 0 saturated carbocycles. The first-order chi connectivity index (χ1) is 13.1. The monoisotopic (exact) mass is 384 g/mol. The van der Waals surface area contributed by atoms with Crippen molar-refractivity contribution in [2.24, 2.45) is 0 Å². The molecule has 0 bridgehead atoms. The fourth-order valence-electron chi connectivity index (χ4n) is 2.71. The maximum Gasteiger partial charge on any atom is 0.214 e. The number of hydrogen-bond acceptors (Lipinski definition) is 6. The summed E-state index contributed by atoms with van der Waals surface area (Å²) in [6.07, 6.45) is -0.628. The minimum Gasteiger partial charge on any atom is -0.491 e. The van der Waals surface area contributed by atoms with Gasteiger partial charge in [-0.25, -0.2) is 0 Å². The third kappa shape index (κ3) is 4.87. The van der Waals surface area contributed by atoms with Crippen LogP contribution in [0.3, 0.4) is 0 Å². The lowest BCUT2D eigenvalue weighted by Crippen LogP contribution is -2.21. The predicted octanol–water partition coefficient (Wildman–Crippen LogP) is 3.63. The molecule has 2 aromatic carbocycles. The van der Waals surface area contributed by atoms with Gasteiger partial charge in [-0.15, -0.1) is 5.10 Å². The van der Waals surface area contributed by atoms with Crippen LogP contribution in [0.2, 0.25) is 0 Å². The van der Waals surface area contributed by atoms with E-state index in [1.165, 1.54) is 11.8 Å². The largest absolute Gasteiger partial charge is 0.491 e. The molecule has 0 unspecified atom stereocenters. The first-order valence-corrected chi connectivity index (χ1v) is 9.91. The van der Waals surface area contributed by atoms with Gasteiger partial charge in [-0.05, 0) is 46.5 Å². The van der Waals surface area contributed by atoms with Gasteiger partial charge in [-0.3, -0.25) is 0 Å². The number of hydrogen-bond donors (Lipinski definition) is 1. The molecule has 0 radical (unpaired) electrons. The van der Waals surface area contributed by atoms with Crippen molar-refractivity contribution in [3.8, 4) is 11.4 Å². The van der Waals surface area contributed by atoms with Gasteiger partial charge in [0.2, 0.25) is 5.16 Å². The van der Waals surface area contributed by atoms with Crippen molar-refractivity contribution in [2.45, 2.75) is 37.9 Å². The van der Waals surface area contributed by atoms with Gasteiger partial charge in [-0.1, -0.05) is 62.0 Å². The number of aliphatic hydroxyl groups excluding tert-OH is 1. The summed E-state index contributed by atoms with van der Waals surface area (Å²) in [5, 5.41) is 22.9. The van der Waals surface area contributed by atoms with Crippen LogP contribution < -0.4 is 4.74 Å². The lowest BCUT2D eigenvalue weighted by atomic mass is 10.0. The van der Waals surface area contributed by atoms with Crippen molar-refractivity contribution in [1.29, 1.82) is 0 Å². The third-order valence-electron chi connectivity index (χ3n) is 4.16. The van der Waals surface area contributed by atoms with E-state index in [9.17, 15) is 5.11 Å². The van der Waals surface area contributed by atoms with Gasteiger partial charge in [0.05, 0.1) is 11.8 Å². The Morgan fingerprint density at radius 2 is 1.85 bits per heavy atom. The fraction of sp³-hybridized carbons (Fsp3) is 0.350. The highest BCUT2D eigenvalue weighted by Gasteiger charge is 2.15. The van der Waals surface area contributed by atoms with E-state index in [2.05, 4.69) is 35.4 Å². The van der Waals surface area contributed by atoms with Gasteiger partial charge in [0.1, 0.15) is 12.4 Å². The normalized spacial score (nSPS) is 12.3. The number of thioether (sulfide) groups is 1. The average Bonchev–Trinajstić information content (AvgIpc) is 3.13. The van der Waals surface area contributed by atoms with Gasteiger partial charge in [0.15, 0.2) is 0 Å². The number of aromatic nitrogens is 4. The summed E-state index contributed by atoms with van der Waals surface area (Å²) in [5.41, 5.74) is 3.16. The van der Waals surface area contributed by atoms with Gasteiger partial charge >= 0.3 is 0 Å². The van der Waals surface area contributed by atoms with Crippen LogP contribution in [-0.2, 0) is 0 Å². The number of benzene rings is 2. The summed E-state index contributed by atoms with van der Waals surface area (Å²) in [7, 11) is 0. The Labute approximate surface area is 163 Å². The molecule has 0 saturated heterocycles. The Bertz CT molecular complexity index is 882. The molecule has 1 atom stereocenters. The summed E-state index contributed by atoms with van der Waals surface area (Å²) in [5.74, 6) is 1.63. The summed E-state index contributed by atoms with van der Waals surface area (Å²) in [4.78, 5) is 0. The van der Waals surface area contributed by atoms with Crippen LogP contribution in [-0.4, -0.2) is 43.8 Å². The van der Waals surface area contributed by atoms with E-state index >= 15 is 0 Å². The summed E-state index contributed by atoms with van der Waals surface area (Å²) in [6, 6.07) is 15.8. The number of para-hydroxylation sites is 2. The molecule has 7 heteroatoms. The molecular weight excluding hydrogens is 360 g/mol. The lowest BCUT2D eigenvalue weighted by Gasteiger charge is -2.16. The third-order valence-corrected chi connectivity index (χ3v) is 5.23. The molecule has 6 nitrogen and oxygen atoms in total. The van der Waals surface area contributed by atoms with Crippen molar-refractivity contribution >= 4 is 11.8 Å². The van der Waals surface area contributed by atoms with Gasteiger partial charge in [0.25, 0.3) is 0 Å². The molecule has 0 fully saturated rings. The van der Waals surface area contributed by atoms with E-state index in [1.807, 2.05) is 49.4 Å². The Morgan fingerprint density at radius 1 is 1.11 bits per heavy atom. The molecule has 3 rings (SSSR count). The molecule has 0 aliphatic heterocycles. The SMILES string of the molecule is Cc1ccccc1-n1nnnc1SC[C@H](O)COc1ccccc1C(C)C. The molecule has 0 amide bonds. The van der Waals surface area contributed by atoms with Crippen LogP contribution in [0.4, 0.5) is 0 Å². The number of nitrogens with zero attached hydrogens (tertiary/aromatic N) is 4. The van der Waals surface area contributed by atoms with Gasteiger partial charge in [-0.2, -0.15) is 4.68 Å². The highest BCUT2D eigenvalue weighted by molar-refractivity contribution is 7.99. The topological polar surface area (TPSA) is 73.1 Å². The van der Waals surface area contributed by atoms with E-state index in [-0.39, 0.29) is 6.61 Å². The van der Waals surface area contributed by atoms with Crippen molar-refractivity contribution in [3.05, 3.63) is 59.7 Å². The minimum atomic E-state index is -0.628. The predicted molar refractivity (Wildman–Crippen MR) is 107 cm³/mol. The van der Waals surface area contributed by atoms with E-state index < -0.39 is 6.10 Å². The quantitative estimate of drug-likeness (QED) is 0.598. The lowest BCUT2D eigenvalue weighted by molar-refractivity contribution is 0.125. The molecule has 0 aliphatic rings. The Balaban J connectivity index is 1.59. The van der Waals surface area contributed by atoms with Gasteiger partial charge in [0, 0.05) is 5.75 Å². The average molecular weight is 385 g/mol. The first-order valence-electron chi connectivity index (χ1n) is 8.93. The smallest absolute Gasteiger partial charge is 0.214 e. The molecule has 27 heavy (non-hydrogen) atoms. The summed E-state index contributed by atoms with van der Waals surface area (Å²) >= 11 is 1.41. The zero-order valence-electron chi connectivity index (χ0n) is 15.7. The zero-order valence-corrected chi connectivity index (χ0v) is 16.6. The van der Waals surface area contributed by atoms with Crippen LogP contribution in [0.1, 0.15) is 30.9 Å². The highest BCUT2D eigenvalue weighted by atomic mass is 32.2. The van der Waals surface area contributed by atoms with Crippen molar-refractivity contribution in [3.63, 3.8) is 0 Å². The number of tetrazole rings is 1. The van der Waals surface area contributed by atoms with Crippen LogP contribution in [0.25, 0.3) is 5.69 Å². The van der Waals surface area contributed by atoms with Crippen molar-refractivity contribution < 1.29 is 9.84 Å². The number of aryl methyl sites for hydroxylation is 1. The van der Waals surface area contributed by atoms with Crippen molar-refractivity contribution in [1.82, 2.24) is 20.2 Å². The standard InChI is InChI=1S/C20H24N4O2S/c1-14(2)17-9-5-7-11-19(17)26-12-16(25)13-27-20-21-22-23-24(20)18-10-6-4-8-15(18)3/h4-11,14,16,25H,12-13H2,1-3H3/t16-/m1/s1. The maximum atomic E-state index is 10.3. The zero-order chi connectivity index (χ0) is 19.2. The molecule has 0 aliphatic carbocycles. The van der Waals surface area contributed by atoms with Crippen molar-refractivity contribution in [2.75, 3.05) is 12.4 Å². The molecular formula is C20H24N4O2S. The minimum absolute atomic E-state index is 0.225. The number of ether oxygens (including phenoxy) is 1. The van der Waals surface area contributed by atoms with E-state index in [0.29, 0.717) is 16.8 Å². The molecule has 1 N–H and O–H groups in total. The van der Waals surface area contributed by atoms with Crippen LogP contribution >= 0.6 is 11.8 Å². The Hall–Kier alpha value is -2.38. The Kier molecular flexibility index (Phi) is 6.47. The second-order valence-electron chi connectivity index (χ2n) is 6.63. The van der Waals surface area contributed by atoms with Crippen LogP contribution in [0, 0.1) is 6.92 Å². The fourth-order valence-corrected chi connectivity index (χ4v) is 3.50. The number of aliphatic hydroxyl groups is 1. The van der Waals surface area contributed by atoms with E-state index in [1.54, 1.807) is 4.68 Å². The molecule has 142 valence electrons. The number of rotatable bonds is 8. The highest BCUT2D eigenvalue weighted by Crippen LogP contribution is 2.26. The summed E-state index contributed by atoms with van der Waals surface area (Å²) < 4.78 is 7.54. The molecule has 3 aromatic rings. The second-order valence-corrected chi connectivity index (χ2v) is 7.62. The molecule has 1 heterocycles. The van der Waals surface area contributed by atoms with Crippen LogP contribution in [0.15, 0.2) is 53.7 Å². The summed E-state index contributed by atoms with van der Waals surface area (Å²) in [6.45, 7) is 6.49. The maximum absolute atomic E-state index is 10.3. The van der Waals surface area contributed by atoms with E-state index in [4.69, 9.17) is 4.74 Å². The van der Waals surface area contributed by atoms with Gasteiger partial charge < -0.3 is 9.84 Å². The molecule has 0 spiro atoms. The first kappa shape index (κ1) is 19.4. The van der Waals surface area contributed by atoms with E-state index in [0.717, 1.165) is 22.6 Å². The van der Waals surface area contributed by atoms with Crippen LogP contribution in [0.5, 0.6) is 5.75 Å².